The van der Waals surface area contributed by atoms with E-state index in [1.54, 1.807) is 6.07 Å². The molecule has 3 N–H and O–H groups in total. The quantitative estimate of drug-likeness (QED) is 0.802. The Hall–Kier alpha value is -1.56. The Bertz CT molecular complexity index is 638. The van der Waals surface area contributed by atoms with Crippen LogP contribution >= 0.6 is 0 Å². The Morgan fingerprint density at radius 1 is 1.30 bits per heavy atom. The molecule has 1 unspecified atom stereocenters. The van der Waals surface area contributed by atoms with Gasteiger partial charge in [-0.15, -0.1) is 0 Å². The van der Waals surface area contributed by atoms with Crippen molar-refractivity contribution in [3.8, 4) is 0 Å². The number of carbonyl (C=O) groups is 1. The normalized spacial score (nSPS) is 21.4. The Labute approximate surface area is 119 Å². The molecule has 0 aliphatic carbocycles. The molecule has 1 aliphatic heterocycles. The second-order valence-electron chi connectivity index (χ2n) is 5.45. The molecule has 0 bridgehead atoms. The van der Waals surface area contributed by atoms with Gasteiger partial charge in [-0.1, -0.05) is 6.07 Å². The van der Waals surface area contributed by atoms with Crippen LogP contribution in [0.25, 0.3) is 0 Å². The molecular formula is C14H20N2O3S. The summed E-state index contributed by atoms with van der Waals surface area (Å²) in [5.41, 5.74) is 8.68. The molecule has 0 radical (unpaired) electrons. The summed E-state index contributed by atoms with van der Waals surface area (Å²) in [5.74, 6) is -0.00838. The zero-order valence-electron chi connectivity index (χ0n) is 11.8. The molecule has 5 nitrogen and oxygen atoms in total. The molecule has 1 fully saturated rings. The first-order chi connectivity index (χ1) is 9.28. The highest BCUT2D eigenvalue weighted by atomic mass is 32.2. The van der Waals surface area contributed by atoms with E-state index in [0.29, 0.717) is 24.1 Å². The van der Waals surface area contributed by atoms with E-state index < -0.39 is 9.84 Å². The van der Waals surface area contributed by atoms with E-state index in [1.807, 2.05) is 19.9 Å². The van der Waals surface area contributed by atoms with Crippen molar-refractivity contribution in [2.45, 2.75) is 32.7 Å². The molecule has 1 aromatic carbocycles. The third-order valence-electron chi connectivity index (χ3n) is 3.66. The Kier molecular flexibility index (Phi) is 4.04. The number of aryl methyl sites for hydroxylation is 2. The van der Waals surface area contributed by atoms with E-state index in [0.717, 1.165) is 11.1 Å². The van der Waals surface area contributed by atoms with Crippen LogP contribution in [0.5, 0.6) is 0 Å². The zero-order chi connectivity index (χ0) is 14.9. The third-order valence-corrected chi connectivity index (χ3v) is 5.48. The minimum Gasteiger partial charge on any atom is -0.398 e. The van der Waals surface area contributed by atoms with Crippen LogP contribution in [0.4, 0.5) is 5.69 Å². The first-order valence-electron chi connectivity index (χ1n) is 6.66. The molecule has 1 atom stereocenters. The van der Waals surface area contributed by atoms with Gasteiger partial charge in [0.1, 0.15) is 0 Å². The number of sulfone groups is 1. The van der Waals surface area contributed by atoms with Gasteiger partial charge in [0.15, 0.2) is 9.84 Å². The number of hydrogen-bond acceptors (Lipinski definition) is 4. The lowest BCUT2D eigenvalue weighted by Gasteiger charge is -2.23. The fourth-order valence-electron chi connectivity index (χ4n) is 2.51. The van der Waals surface area contributed by atoms with E-state index in [9.17, 15) is 13.2 Å². The number of nitrogens with two attached hydrogens (primary N) is 1. The molecule has 1 aliphatic rings. The van der Waals surface area contributed by atoms with Crippen molar-refractivity contribution >= 4 is 21.4 Å². The lowest BCUT2D eigenvalue weighted by Crippen LogP contribution is -2.43. The zero-order valence-corrected chi connectivity index (χ0v) is 12.6. The predicted octanol–water partition coefficient (Wildman–Crippen LogP) is 1.19. The lowest BCUT2D eigenvalue weighted by molar-refractivity contribution is 0.0937. The van der Waals surface area contributed by atoms with Gasteiger partial charge >= 0.3 is 0 Å². The predicted molar refractivity (Wildman–Crippen MR) is 79.5 cm³/mol. The van der Waals surface area contributed by atoms with E-state index in [-0.39, 0.29) is 23.5 Å². The van der Waals surface area contributed by atoms with Crippen LogP contribution < -0.4 is 11.1 Å². The van der Waals surface area contributed by atoms with Gasteiger partial charge in [-0.2, -0.15) is 0 Å². The summed E-state index contributed by atoms with van der Waals surface area (Å²) in [5, 5.41) is 2.80. The van der Waals surface area contributed by atoms with Gasteiger partial charge in [0.2, 0.25) is 0 Å². The highest BCUT2D eigenvalue weighted by Crippen LogP contribution is 2.19. The van der Waals surface area contributed by atoms with Crippen molar-refractivity contribution in [3.05, 3.63) is 28.8 Å². The standard InChI is InChI=1S/C14H20N2O3S/c1-9-6-10(2)13(15)7-12(9)14(17)16-11-4-3-5-20(18,19)8-11/h6-7,11H,3-5,8,15H2,1-2H3,(H,16,17). The van der Waals surface area contributed by atoms with Crippen molar-refractivity contribution in [2.75, 3.05) is 17.2 Å². The number of benzene rings is 1. The van der Waals surface area contributed by atoms with Gasteiger partial charge in [0.05, 0.1) is 11.5 Å². The van der Waals surface area contributed by atoms with Crippen molar-refractivity contribution < 1.29 is 13.2 Å². The molecule has 1 amide bonds. The molecule has 6 heteroatoms. The Balaban J connectivity index is 2.14. The molecule has 0 aromatic heterocycles. The van der Waals surface area contributed by atoms with E-state index >= 15 is 0 Å². The van der Waals surface area contributed by atoms with E-state index in [1.165, 1.54) is 0 Å². The van der Waals surface area contributed by atoms with Gasteiger partial charge in [-0.05, 0) is 43.9 Å². The van der Waals surface area contributed by atoms with Crippen LogP contribution in [-0.4, -0.2) is 31.9 Å². The minimum absolute atomic E-state index is 0.0269. The van der Waals surface area contributed by atoms with Crippen LogP contribution in [0.2, 0.25) is 0 Å². The summed E-state index contributed by atoms with van der Waals surface area (Å²) in [4.78, 5) is 12.2. The highest BCUT2D eigenvalue weighted by molar-refractivity contribution is 7.91. The first-order valence-corrected chi connectivity index (χ1v) is 8.48. The highest BCUT2D eigenvalue weighted by Gasteiger charge is 2.26. The average Bonchev–Trinajstić information content (AvgIpc) is 2.32. The van der Waals surface area contributed by atoms with E-state index in [2.05, 4.69) is 5.32 Å². The number of carbonyl (C=O) groups excluding carboxylic acids is 1. The second kappa shape index (κ2) is 5.44. The minimum atomic E-state index is -3.02. The number of amides is 1. The van der Waals surface area contributed by atoms with Crippen LogP contribution in [-0.2, 0) is 9.84 Å². The van der Waals surface area contributed by atoms with Gasteiger partial charge in [0, 0.05) is 17.3 Å². The van der Waals surface area contributed by atoms with Crippen LogP contribution in [0, 0.1) is 13.8 Å². The smallest absolute Gasteiger partial charge is 0.251 e. The summed E-state index contributed by atoms with van der Waals surface area (Å²) < 4.78 is 23.1. The molecule has 1 aromatic rings. The van der Waals surface area contributed by atoms with Gasteiger partial charge in [-0.3, -0.25) is 4.79 Å². The molecule has 20 heavy (non-hydrogen) atoms. The summed E-state index contributed by atoms with van der Waals surface area (Å²) >= 11 is 0. The summed E-state index contributed by atoms with van der Waals surface area (Å²) in [7, 11) is -3.02. The lowest BCUT2D eigenvalue weighted by atomic mass is 10.0. The molecule has 110 valence electrons. The van der Waals surface area contributed by atoms with Crippen molar-refractivity contribution in [3.63, 3.8) is 0 Å². The topological polar surface area (TPSA) is 89.3 Å². The fourth-order valence-corrected chi connectivity index (χ4v) is 4.15. The summed E-state index contributed by atoms with van der Waals surface area (Å²) in [6.07, 6.45) is 1.30. The molecular weight excluding hydrogens is 276 g/mol. The first kappa shape index (κ1) is 14.8. The van der Waals surface area contributed by atoms with Crippen LogP contribution in [0.1, 0.15) is 34.3 Å². The number of anilines is 1. The maximum Gasteiger partial charge on any atom is 0.251 e. The van der Waals surface area contributed by atoms with E-state index in [4.69, 9.17) is 5.73 Å². The summed E-state index contributed by atoms with van der Waals surface area (Å²) in [6, 6.07) is 3.21. The molecule has 0 spiro atoms. The maximum absolute atomic E-state index is 12.2. The van der Waals surface area contributed by atoms with Crippen molar-refractivity contribution in [2.24, 2.45) is 0 Å². The second-order valence-corrected chi connectivity index (χ2v) is 7.68. The van der Waals surface area contributed by atoms with Gasteiger partial charge in [-0.25, -0.2) is 8.42 Å². The molecule has 2 rings (SSSR count). The largest absolute Gasteiger partial charge is 0.398 e. The molecule has 0 saturated carbocycles. The Morgan fingerprint density at radius 2 is 2.00 bits per heavy atom. The van der Waals surface area contributed by atoms with Gasteiger partial charge < -0.3 is 11.1 Å². The average molecular weight is 296 g/mol. The maximum atomic E-state index is 12.2. The van der Waals surface area contributed by atoms with Crippen LogP contribution in [0.15, 0.2) is 12.1 Å². The Morgan fingerprint density at radius 3 is 2.65 bits per heavy atom. The SMILES string of the molecule is Cc1cc(C)c(C(=O)NC2CCCS(=O)(=O)C2)cc1N. The fraction of sp³-hybridized carbons (Fsp3) is 0.500. The third kappa shape index (κ3) is 3.30. The van der Waals surface area contributed by atoms with Crippen molar-refractivity contribution in [1.29, 1.82) is 0 Å². The van der Waals surface area contributed by atoms with Gasteiger partial charge in [0.25, 0.3) is 5.91 Å². The number of rotatable bonds is 2. The monoisotopic (exact) mass is 296 g/mol. The van der Waals surface area contributed by atoms with Crippen molar-refractivity contribution in [1.82, 2.24) is 5.32 Å². The van der Waals surface area contributed by atoms with Crippen LogP contribution in [0.3, 0.4) is 0 Å². The number of nitrogens with one attached hydrogen (secondary N) is 1. The number of nitrogen functional groups attached to an aromatic ring is 1. The number of hydrogen-bond donors (Lipinski definition) is 2. The molecule has 1 saturated heterocycles. The summed E-state index contributed by atoms with van der Waals surface area (Å²) in [6.45, 7) is 3.73. The molecule has 1 heterocycles.